The molecule has 0 saturated heterocycles. The number of amides is 1. The van der Waals surface area contributed by atoms with Crippen molar-refractivity contribution in [2.75, 3.05) is 5.32 Å². The number of hydrogen-bond donors (Lipinski definition) is 1. The van der Waals surface area contributed by atoms with Crippen LogP contribution in [0, 0.1) is 0 Å². The van der Waals surface area contributed by atoms with Gasteiger partial charge in [0.05, 0.1) is 12.4 Å². The topological polar surface area (TPSA) is 59.8 Å². The van der Waals surface area contributed by atoms with E-state index in [1.807, 2.05) is 23.8 Å². The lowest BCUT2D eigenvalue weighted by Crippen LogP contribution is -2.17. The fourth-order valence-corrected chi connectivity index (χ4v) is 1.63. The monoisotopic (exact) mass is 250 g/mol. The first-order chi connectivity index (χ1) is 8.20. The van der Waals surface area contributed by atoms with E-state index in [0.717, 1.165) is 6.54 Å². The fraction of sp³-hybridized carbons (Fsp3) is 0.182. The summed E-state index contributed by atoms with van der Waals surface area (Å²) in [7, 11) is 0. The summed E-state index contributed by atoms with van der Waals surface area (Å²) in [6.07, 6.45) is 4.70. The summed E-state index contributed by atoms with van der Waals surface area (Å²) in [5.74, 6) is 0.111. The van der Waals surface area contributed by atoms with Gasteiger partial charge < -0.3 is 9.88 Å². The Morgan fingerprint density at radius 2 is 2.35 bits per heavy atom. The van der Waals surface area contributed by atoms with Gasteiger partial charge in [0.1, 0.15) is 10.8 Å². The first-order valence-corrected chi connectivity index (χ1v) is 5.52. The lowest BCUT2D eigenvalue weighted by atomic mass is 10.4. The zero-order valence-electron chi connectivity index (χ0n) is 9.22. The second-order valence-corrected chi connectivity index (χ2v) is 3.75. The standard InChI is InChI=1S/C11H11ClN4O/c1-2-16-5-3-4-8(16)11(17)15-10-7-13-6-9(12)14-10/h3-7H,2H2,1H3,(H,14,15,17). The van der Waals surface area contributed by atoms with Gasteiger partial charge in [-0.05, 0) is 19.1 Å². The predicted molar refractivity (Wildman–Crippen MR) is 65.1 cm³/mol. The van der Waals surface area contributed by atoms with Crippen LogP contribution in [0.1, 0.15) is 17.4 Å². The molecule has 1 N–H and O–H groups in total. The molecule has 0 unspecified atom stereocenters. The number of carbonyl (C=O) groups is 1. The van der Waals surface area contributed by atoms with E-state index in [4.69, 9.17) is 11.6 Å². The number of aromatic nitrogens is 3. The SMILES string of the molecule is CCn1cccc1C(=O)Nc1cncc(Cl)n1. The van der Waals surface area contributed by atoms with Crippen LogP contribution in [-0.4, -0.2) is 20.4 Å². The van der Waals surface area contributed by atoms with Crippen molar-refractivity contribution in [3.8, 4) is 0 Å². The molecule has 0 bridgehead atoms. The Labute approximate surface area is 103 Å². The number of aryl methyl sites for hydroxylation is 1. The summed E-state index contributed by atoms with van der Waals surface area (Å²) >= 11 is 5.68. The molecular weight excluding hydrogens is 240 g/mol. The average molecular weight is 251 g/mol. The number of hydrogen-bond acceptors (Lipinski definition) is 3. The summed E-state index contributed by atoms with van der Waals surface area (Å²) in [6, 6.07) is 3.57. The Bertz CT molecular complexity index is 538. The average Bonchev–Trinajstić information content (AvgIpc) is 2.77. The molecule has 6 heteroatoms. The first-order valence-electron chi connectivity index (χ1n) is 5.14. The third-order valence-electron chi connectivity index (χ3n) is 2.25. The first kappa shape index (κ1) is 11.6. The second-order valence-electron chi connectivity index (χ2n) is 3.36. The van der Waals surface area contributed by atoms with Crippen LogP contribution in [0.2, 0.25) is 5.15 Å². The number of rotatable bonds is 3. The van der Waals surface area contributed by atoms with Crippen LogP contribution in [-0.2, 0) is 6.54 Å². The van der Waals surface area contributed by atoms with E-state index in [1.165, 1.54) is 12.4 Å². The van der Waals surface area contributed by atoms with Crippen molar-refractivity contribution < 1.29 is 4.79 Å². The maximum Gasteiger partial charge on any atom is 0.273 e. The normalized spacial score (nSPS) is 10.2. The summed E-state index contributed by atoms with van der Waals surface area (Å²) in [5.41, 5.74) is 0.578. The molecule has 88 valence electrons. The third kappa shape index (κ3) is 2.62. The summed E-state index contributed by atoms with van der Waals surface area (Å²) < 4.78 is 1.84. The summed E-state index contributed by atoms with van der Waals surface area (Å²) in [5, 5.41) is 2.89. The van der Waals surface area contributed by atoms with Crippen molar-refractivity contribution in [2.24, 2.45) is 0 Å². The highest BCUT2D eigenvalue weighted by molar-refractivity contribution is 6.29. The molecule has 0 atom stereocenters. The van der Waals surface area contributed by atoms with Crippen LogP contribution in [0.15, 0.2) is 30.7 Å². The molecule has 1 amide bonds. The largest absolute Gasteiger partial charge is 0.344 e. The molecule has 2 aromatic rings. The number of carbonyl (C=O) groups excluding carboxylic acids is 1. The molecule has 0 spiro atoms. The van der Waals surface area contributed by atoms with E-state index < -0.39 is 0 Å². The third-order valence-corrected chi connectivity index (χ3v) is 2.43. The van der Waals surface area contributed by atoms with Gasteiger partial charge in [0.2, 0.25) is 0 Å². The minimum absolute atomic E-state index is 0.228. The van der Waals surface area contributed by atoms with Gasteiger partial charge >= 0.3 is 0 Å². The van der Waals surface area contributed by atoms with Gasteiger partial charge in [-0.3, -0.25) is 9.78 Å². The van der Waals surface area contributed by atoms with Gasteiger partial charge in [-0.2, -0.15) is 0 Å². The highest BCUT2D eigenvalue weighted by Crippen LogP contribution is 2.09. The van der Waals surface area contributed by atoms with Crippen LogP contribution in [0.4, 0.5) is 5.82 Å². The van der Waals surface area contributed by atoms with Crippen molar-refractivity contribution in [1.82, 2.24) is 14.5 Å². The van der Waals surface area contributed by atoms with Gasteiger partial charge in [-0.15, -0.1) is 0 Å². The molecule has 0 aliphatic rings. The molecule has 5 nitrogen and oxygen atoms in total. The Kier molecular flexibility index (Phi) is 3.39. The molecular formula is C11H11ClN4O. The molecule has 2 aromatic heterocycles. The van der Waals surface area contributed by atoms with Crippen LogP contribution in [0.5, 0.6) is 0 Å². The van der Waals surface area contributed by atoms with Gasteiger partial charge in [-0.1, -0.05) is 11.6 Å². The summed E-state index contributed by atoms with van der Waals surface area (Å²) in [6.45, 7) is 2.70. The molecule has 0 aromatic carbocycles. The molecule has 0 aliphatic carbocycles. The van der Waals surface area contributed by atoms with Crippen molar-refractivity contribution >= 4 is 23.3 Å². The molecule has 17 heavy (non-hydrogen) atoms. The molecule has 2 rings (SSSR count). The fourth-order valence-electron chi connectivity index (χ4n) is 1.48. The Morgan fingerprint density at radius 1 is 1.53 bits per heavy atom. The van der Waals surface area contributed by atoms with Gasteiger partial charge in [-0.25, -0.2) is 4.98 Å². The van der Waals surface area contributed by atoms with Crippen LogP contribution in [0.25, 0.3) is 0 Å². The Balaban J connectivity index is 2.17. The van der Waals surface area contributed by atoms with Gasteiger partial charge in [0.15, 0.2) is 5.82 Å². The smallest absolute Gasteiger partial charge is 0.273 e. The van der Waals surface area contributed by atoms with E-state index in [0.29, 0.717) is 11.5 Å². The molecule has 0 saturated carbocycles. The zero-order chi connectivity index (χ0) is 12.3. The maximum absolute atomic E-state index is 11.9. The highest BCUT2D eigenvalue weighted by Gasteiger charge is 2.10. The minimum atomic E-state index is -0.228. The second kappa shape index (κ2) is 4.97. The van der Waals surface area contributed by atoms with Crippen LogP contribution in [0.3, 0.4) is 0 Å². The quantitative estimate of drug-likeness (QED) is 0.909. The van der Waals surface area contributed by atoms with E-state index >= 15 is 0 Å². The lowest BCUT2D eigenvalue weighted by molar-refractivity contribution is 0.101. The molecule has 0 fully saturated rings. The number of halogens is 1. The number of nitrogens with zero attached hydrogens (tertiary/aromatic N) is 3. The zero-order valence-corrected chi connectivity index (χ0v) is 9.98. The van der Waals surface area contributed by atoms with E-state index in [-0.39, 0.29) is 11.1 Å². The van der Waals surface area contributed by atoms with Crippen molar-refractivity contribution in [3.63, 3.8) is 0 Å². The Morgan fingerprint density at radius 3 is 3.06 bits per heavy atom. The van der Waals surface area contributed by atoms with E-state index in [1.54, 1.807) is 6.07 Å². The van der Waals surface area contributed by atoms with Gasteiger partial charge in [0, 0.05) is 12.7 Å². The number of nitrogens with one attached hydrogen (secondary N) is 1. The van der Waals surface area contributed by atoms with E-state index in [9.17, 15) is 4.79 Å². The number of anilines is 1. The lowest BCUT2D eigenvalue weighted by Gasteiger charge is -2.06. The molecule has 0 aliphatic heterocycles. The van der Waals surface area contributed by atoms with Crippen LogP contribution < -0.4 is 5.32 Å². The molecule has 2 heterocycles. The van der Waals surface area contributed by atoms with Crippen LogP contribution >= 0.6 is 11.6 Å². The Hall–Kier alpha value is -1.88. The van der Waals surface area contributed by atoms with Gasteiger partial charge in [0.25, 0.3) is 5.91 Å². The molecule has 0 radical (unpaired) electrons. The highest BCUT2D eigenvalue weighted by atomic mass is 35.5. The van der Waals surface area contributed by atoms with Crippen molar-refractivity contribution in [3.05, 3.63) is 41.6 Å². The maximum atomic E-state index is 11.9. The predicted octanol–water partition coefficient (Wildman–Crippen LogP) is 2.20. The van der Waals surface area contributed by atoms with Crippen molar-refractivity contribution in [1.29, 1.82) is 0 Å². The van der Waals surface area contributed by atoms with Crippen molar-refractivity contribution in [2.45, 2.75) is 13.5 Å². The minimum Gasteiger partial charge on any atom is -0.344 e. The summed E-state index contributed by atoms with van der Waals surface area (Å²) in [4.78, 5) is 19.7. The van der Waals surface area contributed by atoms with E-state index in [2.05, 4.69) is 15.3 Å².